The molecule has 1 atom stereocenters. The Hall–Kier alpha value is -3.77. The number of halogens is 3. The number of hydrogen-bond acceptors (Lipinski definition) is 6. The van der Waals surface area contributed by atoms with Gasteiger partial charge in [0, 0.05) is 31.3 Å². The van der Waals surface area contributed by atoms with Gasteiger partial charge in [-0.2, -0.15) is 5.26 Å². The highest BCUT2D eigenvalue weighted by Crippen LogP contribution is 2.36. The van der Waals surface area contributed by atoms with Crippen molar-refractivity contribution in [3.8, 4) is 28.7 Å². The standard InChI is InChI=1S/C37H39ClN4O3.2ClH/c1-26-30(13-8-14-32(26)29-11-3-2-4-12-29)25-45-36-21-35(44-24-28-10-7-9-27(19-28)22-40)31(20-33(36)38)23-42-18-6-5-15-34(42)37(43)41-17-16-39;;/h2-4,7-14,19-21,34H,5-6,15-18,23-25,39H2,1H3,(H,41,43);2*1H. The Kier molecular flexibility index (Phi) is 14.9. The van der Waals surface area contributed by atoms with E-state index in [2.05, 4.69) is 47.5 Å². The van der Waals surface area contributed by atoms with Crippen LogP contribution in [0.3, 0.4) is 0 Å². The number of carbonyl (C=O) groups excluding carboxylic acids is 1. The molecule has 1 aliphatic heterocycles. The molecule has 3 N–H and O–H groups in total. The zero-order valence-electron chi connectivity index (χ0n) is 26.4. The maximum Gasteiger partial charge on any atom is 0.237 e. The van der Waals surface area contributed by atoms with Crippen LogP contribution in [0.4, 0.5) is 0 Å². The van der Waals surface area contributed by atoms with Gasteiger partial charge in [0.15, 0.2) is 0 Å². The topological polar surface area (TPSA) is 101 Å². The molecule has 7 nitrogen and oxygen atoms in total. The maximum absolute atomic E-state index is 13.0. The lowest BCUT2D eigenvalue weighted by Crippen LogP contribution is -2.49. The van der Waals surface area contributed by atoms with Crippen molar-refractivity contribution < 1.29 is 14.3 Å². The van der Waals surface area contributed by atoms with E-state index < -0.39 is 0 Å². The quantitative estimate of drug-likeness (QED) is 0.158. The average molecular weight is 696 g/mol. The fourth-order valence-corrected chi connectivity index (χ4v) is 6.01. The average Bonchev–Trinajstić information content (AvgIpc) is 3.07. The summed E-state index contributed by atoms with van der Waals surface area (Å²) in [5.74, 6) is 1.13. The van der Waals surface area contributed by atoms with Crippen LogP contribution in [0.2, 0.25) is 5.02 Å². The first-order valence-corrected chi connectivity index (χ1v) is 15.8. The Balaban J connectivity index is 0.00000300. The monoisotopic (exact) mass is 694 g/mol. The molecule has 10 heteroatoms. The summed E-state index contributed by atoms with van der Waals surface area (Å²) in [7, 11) is 0. The van der Waals surface area contributed by atoms with E-state index in [1.165, 1.54) is 0 Å². The van der Waals surface area contributed by atoms with Gasteiger partial charge in [-0.25, -0.2) is 0 Å². The van der Waals surface area contributed by atoms with Crippen LogP contribution in [0, 0.1) is 18.3 Å². The van der Waals surface area contributed by atoms with Gasteiger partial charge in [0.1, 0.15) is 24.7 Å². The molecule has 4 aromatic carbocycles. The number of ether oxygens (including phenoxy) is 2. The van der Waals surface area contributed by atoms with E-state index in [0.29, 0.717) is 48.3 Å². The molecule has 0 spiro atoms. The van der Waals surface area contributed by atoms with Gasteiger partial charge in [-0.3, -0.25) is 9.69 Å². The van der Waals surface area contributed by atoms with Crippen LogP contribution in [-0.4, -0.2) is 36.5 Å². The van der Waals surface area contributed by atoms with E-state index in [1.54, 1.807) is 6.07 Å². The predicted molar refractivity (Wildman–Crippen MR) is 192 cm³/mol. The first-order valence-electron chi connectivity index (χ1n) is 15.4. The van der Waals surface area contributed by atoms with E-state index in [0.717, 1.165) is 59.2 Å². The second-order valence-electron chi connectivity index (χ2n) is 11.3. The fourth-order valence-electron chi connectivity index (χ4n) is 5.77. The normalized spacial score (nSPS) is 14.2. The molecule has 5 rings (SSSR count). The van der Waals surface area contributed by atoms with Gasteiger partial charge < -0.3 is 20.5 Å². The molecule has 0 saturated carbocycles. The summed E-state index contributed by atoms with van der Waals surface area (Å²) >= 11 is 6.85. The number of nitrogens with two attached hydrogens (primary N) is 1. The van der Waals surface area contributed by atoms with E-state index in [9.17, 15) is 10.1 Å². The van der Waals surface area contributed by atoms with Gasteiger partial charge in [0.05, 0.1) is 22.7 Å². The summed E-state index contributed by atoms with van der Waals surface area (Å²) in [6.45, 7) is 4.84. The van der Waals surface area contributed by atoms with Crippen LogP contribution < -0.4 is 20.5 Å². The number of likely N-dealkylation sites (tertiary alicyclic amines) is 1. The lowest BCUT2D eigenvalue weighted by Gasteiger charge is -2.35. The van der Waals surface area contributed by atoms with Crippen molar-refractivity contribution in [2.45, 2.75) is 52.0 Å². The van der Waals surface area contributed by atoms with Crippen molar-refractivity contribution in [1.29, 1.82) is 5.26 Å². The summed E-state index contributed by atoms with van der Waals surface area (Å²) in [5, 5.41) is 12.8. The molecule has 1 saturated heterocycles. The van der Waals surface area contributed by atoms with Crippen LogP contribution in [0.1, 0.15) is 47.1 Å². The zero-order valence-corrected chi connectivity index (χ0v) is 28.8. The Morgan fingerprint density at radius 2 is 1.72 bits per heavy atom. The Bertz CT molecular complexity index is 1660. The van der Waals surface area contributed by atoms with Crippen molar-refractivity contribution in [1.82, 2.24) is 10.2 Å². The second kappa shape index (κ2) is 18.5. The second-order valence-corrected chi connectivity index (χ2v) is 11.7. The van der Waals surface area contributed by atoms with Crippen LogP contribution >= 0.6 is 36.4 Å². The minimum absolute atomic E-state index is 0. The lowest BCUT2D eigenvalue weighted by molar-refractivity contribution is -0.127. The highest BCUT2D eigenvalue weighted by atomic mass is 35.5. The number of carbonyl (C=O) groups is 1. The minimum Gasteiger partial charge on any atom is -0.488 e. The maximum atomic E-state index is 13.0. The SMILES string of the molecule is Cc1c(COc2cc(OCc3cccc(C#N)c3)c(CN3CCCCC3C(=O)NCCN)cc2Cl)cccc1-c1ccccc1.Cl.Cl. The van der Waals surface area contributed by atoms with Gasteiger partial charge >= 0.3 is 0 Å². The summed E-state index contributed by atoms with van der Waals surface area (Å²) in [6, 6.07) is 29.5. The smallest absolute Gasteiger partial charge is 0.237 e. The van der Waals surface area contributed by atoms with Crippen molar-refractivity contribution in [2.24, 2.45) is 5.73 Å². The zero-order chi connectivity index (χ0) is 31.6. The Labute approximate surface area is 294 Å². The predicted octanol–water partition coefficient (Wildman–Crippen LogP) is 7.62. The molecular formula is C37H41Cl3N4O3. The molecule has 1 heterocycles. The first-order chi connectivity index (χ1) is 22.0. The van der Waals surface area contributed by atoms with Gasteiger partial charge in [0.25, 0.3) is 0 Å². The molecule has 0 aliphatic carbocycles. The third-order valence-electron chi connectivity index (χ3n) is 8.21. The third-order valence-corrected chi connectivity index (χ3v) is 8.51. The fraction of sp³-hybridized carbons (Fsp3) is 0.297. The summed E-state index contributed by atoms with van der Waals surface area (Å²) in [4.78, 5) is 15.2. The van der Waals surface area contributed by atoms with Crippen LogP contribution in [-0.2, 0) is 24.6 Å². The number of amides is 1. The number of piperidine rings is 1. The minimum atomic E-state index is -0.250. The first kappa shape index (κ1) is 37.7. The Morgan fingerprint density at radius 3 is 2.49 bits per heavy atom. The highest BCUT2D eigenvalue weighted by molar-refractivity contribution is 6.32. The van der Waals surface area contributed by atoms with Gasteiger partial charge in [-0.15, -0.1) is 24.8 Å². The highest BCUT2D eigenvalue weighted by Gasteiger charge is 2.29. The molecule has 4 aromatic rings. The van der Waals surface area contributed by atoms with Crippen LogP contribution in [0.15, 0.2) is 84.9 Å². The van der Waals surface area contributed by atoms with E-state index >= 15 is 0 Å². The molecule has 0 radical (unpaired) electrons. The van der Waals surface area contributed by atoms with Gasteiger partial charge in [-0.05, 0) is 72.3 Å². The molecule has 1 fully saturated rings. The lowest BCUT2D eigenvalue weighted by atomic mass is 9.97. The van der Waals surface area contributed by atoms with Crippen molar-refractivity contribution >= 4 is 42.3 Å². The summed E-state index contributed by atoms with van der Waals surface area (Å²) in [6.07, 6.45) is 2.78. The van der Waals surface area contributed by atoms with E-state index in [4.69, 9.17) is 26.8 Å². The van der Waals surface area contributed by atoms with Crippen molar-refractivity contribution in [2.75, 3.05) is 19.6 Å². The number of benzene rings is 4. The molecule has 1 unspecified atom stereocenters. The van der Waals surface area contributed by atoms with Crippen LogP contribution in [0.25, 0.3) is 11.1 Å². The van der Waals surface area contributed by atoms with Crippen molar-refractivity contribution in [3.63, 3.8) is 0 Å². The number of nitriles is 1. The molecule has 0 aromatic heterocycles. The molecule has 1 amide bonds. The molecule has 0 bridgehead atoms. The van der Waals surface area contributed by atoms with E-state index in [1.807, 2.05) is 54.6 Å². The van der Waals surface area contributed by atoms with E-state index in [-0.39, 0.29) is 43.4 Å². The van der Waals surface area contributed by atoms with Crippen LogP contribution in [0.5, 0.6) is 11.5 Å². The Morgan fingerprint density at radius 1 is 0.957 bits per heavy atom. The number of nitrogens with one attached hydrogen (secondary N) is 1. The van der Waals surface area contributed by atoms with Gasteiger partial charge in [-0.1, -0.05) is 78.7 Å². The number of nitrogens with zero attached hydrogens (tertiary/aromatic N) is 2. The summed E-state index contributed by atoms with van der Waals surface area (Å²) < 4.78 is 12.7. The molecular weight excluding hydrogens is 655 g/mol. The molecule has 47 heavy (non-hydrogen) atoms. The molecule has 1 aliphatic rings. The number of hydrogen-bond donors (Lipinski definition) is 2. The third kappa shape index (κ3) is 9.87. The van der Waals surface area contributed by atoms with Gasteiger partial charge in [0.2, 0.25) is 5.91 Å². The summed E-state index contributed by atoms with van der Waals surface area (Å²) in [5.41, 5.74) is 12.5. The molecule has 248 valence electrons. The largest absolute Gasteiger partial charge is 0.488 e. The number of rotatable bonds is 12. The van der Waals surface area contributed by atoms with Crippen molar-refractivity contribution in [3.05, 3.63) is 118 Å².